The Kier molecular flexibility index (Phi) is 7.10. The Morgan fingerprint density at radius 1 is 1.11 bits per heavy atom. The van der Waals surface area contributed by atoms with Gasteiger partial charge in [0.25, 0.3) is 0 Å². The Labute approximate surface area is 209 Å². The van der Waals surface area contributed by atoms with Gasteiger partial charge in [-0.3, -0.25) is 9.36 Å². The molecule has 2 aliphatic heterocycles. The lowest BCUT2D eigenvalue weighted by Crippen LogP contribution is -2.42. The van der Waals surface area contributed by atoms with E-state index in [1.165, 1.54) is 11.8 Å². The van der Waals surface area contributed by atoms with Gasteiger partial charge in [0, 0.05) is 20.1 Å². The Balaban J connectivity index is 1.26. The molecule has 10 heteroatoms. The fourth-order valence-corrected chi connectivity index (χ4v) is 5.00. The molecule has 0 bridgehead atoms. The zero-order valence-electron chi connectivity index (χ0n) is 19.9. The van der Waals surface area contributed by atoms with Crippen LogP contribution in [0.15, 0.2) is 53.7 Å². The standard InChI is InChI=1S/C25H29N5O4S/c1-18-6-5-7-19(14-18)30-24(29-10-12-32-13-11-29)26-27-25(30)35-17-23(31)28(2)15-20-16-33-21-8-3-4-9-22(21)34-20/h3-9,14,20H,10-13,15-17H2,1-2H3. The van der Waals surface area contributed by atoms with Gasteiger partial charge in [-0.15, -0.1) is 10.2 Å². The summed E-state index contributed by atoms with van der Waals surface area (Å²) in [4.78, 5) is 16.8. The van der Waals surface area contributed by atoms with Crippen LogP contribution in [0.3, 0.4) is 0 Å². The van der Waals surface area contributed by atoms with Crippen molar-refractivity contribution < 1.29 is 19.0 Å². The molecule has 0 radical (unpaired) electrons. The normalized spacial score (nSPS) is 17.3. The van der Waals surface area contributed by atoms with Gasteiger partial charge < -0.3 is 24.0 Å². The largest absolute Gasteiger partial charge is 0.486 e. The maximum atomic E-state index is 13.0. The highest BCUT2D eigenvalue weighted by Gasteiger charge is 2.25. The molecule has 1 unspecified atom stereocenters. The Bertz CT molecular complexity index is 1180. The predicted octanol–water partition coefficient (Wildman–Crippen LogP) is 2.80. The van der Waals surface area contributed by atoms with E-state index in [0.717, 1.165) is 36.0 Å². The number of para-hydroxylation sites is 2. The molecule has 1 saturated heterocycles. The fourth-order valence-electron chi connectivity index (χ4n) is 4.11. The number of hydrogen-bond donors (Lipinski definition) is 0. The van der Waals surface area contributed by atoms with Crippen LogP contribution in [0.2, 0.25) is 0 Å². The second-order valence-electron chi connectivity index (χ2n) is 8.62. The third-order valence-corrected chi connectivity index (χ3v) is 6.88. The summed E-state index contributed by atoms with van der Waals surface area (Å²) in [6.07, 6.45) is -0.215. The van der Waals surface area contributed by atoms with Crippen LogP contribution in [0.4, 0.5) is 5.95 Å². The molecule has 1 amide bonds. The van der Waals surface area contributed by atoms with Crippen molar-refractivity contribution in [3.63, 3.8) is 0 Å². The third-order valence-electron chi connectivity index (χ3n) is 5.97. The number of aromatic nitrogens is 3. The van der Waals surface area contributed by atoms with Gasteiger partial charge in [0.2, 0.25) is 11.9 Å². The first-order valence-corrected chi connectivity index (χ1v) is 12.7. The number of aryl methyl sites for hydroxylation is 1. The maximum absolute atomic E-state index is 13.0. The number of rotatable bonds is 7. The van der Waals surface area contributed by atoms with Gasteiger partial charge in [0.15, 0.2) is 22.8 Å². The molecular weight excluding hydrogens is 466 g/mol. The van der Waals surface area contributed by atoms with Crippen LogP contribution in [0.25, 0.3) is 5.69 Å². The van der Waals surface area contributed by atoms with Crippen molar-refractivity contribution in [1.29, 1.82) is 0 Å². The molecule has 0 saturated carbocycles. The first-order valence-electron chi connectivity index (χ1n) is 11.7. The number of carbonyl (C=O) groups excluding carboxylic acids is 1. The van der Waals surface area contributed by atoms with Crippen molar-refractivity contribution in [3.05, 3.63) is 54.1 Å². The lowest BCUT2D eigenvalue weighted by Gasteiger charge is -2.29. The van der Waals surface area contributed by atoms with Crippen LogP contribution < -0.4 is 14.4 Å². The van der Waals surface area contributed by atoms with Gasteiger partial charge in [0.1, 0.15) is 6.61 Å². The number of ether oxygens (including phenoxy) is 3. The van der Waals surface area contributed by atoms with Crippen molar-refractivity contribution in [1.82, 2.24) is 19.7 Å². The monoisotopic (exact) mass is 495 g/mol. The van der Waals surface area contributed by atoms with E-state index in [1.807, 2.05) is 41.0 Å². The molecule has 35 heavy (non-hydrogen) atoms. The number of benzene rings is 2. The average molecular weight is 496 g/mol. The van der Waals surface area contributed by atoms with Crippen molar-refractivity contribution in [2.45, 2.75) is 18.2 Å². The molecule has 0 spiro atoms. The topological polar surface area (TPSA) is 82.0 Å². The molecule has 0 N–H and O–H groups in total. The van der Waals surface area contributed by atoms with Crippen LogP contribution in [0.1, 0.15) is 5.56 Å². The van der Waals surface area contributed by atoms with Gasteiger partial charge in [-0.25, -0.2) is 0 Å². The molecule has 0 aliphatic carbocycles. The summed E-state index contributed by atoms with van der Waals surface area (Å²) in [6.45, 7) is 5.73. The number of thioether (sulfide) groups is 1. The zero-order valence-corrected chi connectivity index (χ0v) is 20.7. The van der Waals surface area contributed by atoms with E-state index in [1.54, 1.807) is 11.9 Å². The number of amides is 1. The number of hydrogen-bond acceptors (Lipinski definition) is 8. The summed E-state index contributed by atoms with van der Waals surface area (Å²) < 4.78 is 19.3. The molecule has 2 aromatic carbocycles. The lowest BCUT2D eigenvalue weighted by molar-refractivity contribution is -0.128. The minimum atomic E-state index is -0.215. The van der Waals surface area contributed by atoms with Crippen LogP contribution in [-0.4, -0.2) is 83.9 Å². The minimum Gasteiger partial charge on any atom is -0.486 e. The van der Waals surface area contributed by atoms with E-state index >= 15 is 0 Å². The van der Waals surface area contributed by atoms with Crippen molar-refractivity contribution in [2.75, 3.05) is 57.2 Å². The maximum Gasteiger partial charge on any atom is 0.232 e. The second-order valence-corrected chi connectivity index (χ2v) is 9.56. The summed E-state index contributed by atoms with van der Waals surface area (Å²) in [6, 6.07) is 15.8. The number of nitrogens with zero attached hydrogens (tertiary/aromatic N) is 5. The van der Waals surface area contributed by atoms with Crippen LogP contribution in [0, 0.1) is 6.92 Å². The van der Waals surface area contributed by atoms with Crippen LogP contribution in [-0.2, 0) is 9.53 Å². The van der Waals surface area contributed by atoms with Gasteiger partial charge in [-0.2, -0.15) is 0 Å². The van der Waals surface area contributed by atoms with Crippen molar-refractivity contribution in [3.8, 4) is 17.2 Å². The molecule has 3 heterocycles. The molecule has 5 rings (SSSR count). The summed E-state index contributed by atoms with van der Waals surface area (Å²) in [5, 5.41) is 9.62. The van der Waals surface area contributed by atoms with E-state index in [-0.39, 0.29) is 17.8 Å². The minimum absolute atomic E-state index is 0.0100. The summed E-state index contributed by atoms with van der Waals surface area (Å²) in [7, 11) is 1.79. The van der Waals surface area contributed by atoms with Crippen LogP contribution in [0.5, 0.6) is 11.5 Å². The molecular formula is C25H29N5O4S. The highest BCUT2D eigenvalue weighted by Crippen LogP contribution is 2.31. The van der Waals surface area contributed by atoms with Crippen molar-refractivity contribution >= 4 is 23.6 Å². The predicted molar refractivity (Wildman–Crippen MR) is 134 cm³/mol. The number of carbonyl (C=O) groups is 1. The van der Waals surface area contributed by atoms with E-state index < -0.39 is 0 Å². The second kappa shape index (κ2) is 10.6. The van der Waals surface area contributed by atoms with E-state index in [2.05, 4.69) is 34.2 Å². The van der Waals surface area contributed by atoms with E-state index in [4.69, 9.17) is 14.2 Å². The SMILES string of the molecule is Cc1cccc(-n2c(SCC(=O)N(C)CC3COc4ccccc4O3)nnc2N2CCOCC2)c1. The molecule has 1 fully saturated rings. The molecule has 1 aromatic heterocycles. The van der Waals surface area contributed by atoms with Crippen LogP contribution >= 0.6 is 11.8 Å². The Morgan fingerprint density at radius 3 is 2.71 bits per heavy atom. The Hall–Kier alpha value is -3.24. The number of likely N-dealkylation sites (N-methyl/N-ethyl adjacent to an activating group) is 1. The van der Waals surface area contributed by atoms with Gasteiger partial charge >= 0.3 is 0 Å². The number of fused-ring (bicyclic) bond motifs is 1. The molecule has 2 aliphatic rings. The summed E-state index contributed by atoms with van der Waals surface area (Å²) in [5.74, 6) is 2.45. The number of morpholine rings is 1. The van der Waals surface area contributed by atoms with Gasteiger partial charge in [-0.05, 0) is 36.8 Å². The lowest BCUT2D eigenvalue weighted by atomic mass is 10.2. The molecule has 3 aromatic rings. The van der Waals surface area contributed by atoms with Gasteiger partial charge in [-0.1, -0.05) is 36.0 Å². The smallest absolute Gasteiger partial charge is 0.232 e. The van der Waals surface area contributed by atoms with Crippen molar-refractivity contribution in [2.24, 2.45) is 0 Å². The van der Waals surface area contributed by atoms with Gasteiger partial charge in [0.05, 0.1) is 31.2 Å². The first-order chi connectivity index (χ1) is 17.1. The summed E-state index contributed by atoms with van der Waals surface area (Å²) in [5.41, 5.74) is 2.12. The average Bonchev–Trinajstić information content (AvgIpc) is 3.31. The molecule has 9 nitrogen and oxygen atoms in total. The Morgan fingerprint density at radius 2 is 1.91 bits per heavy atom. The molecule has 1 atom stereocenters. The third kappa shape index (κ3) is 5.38. The fraction of sp³-hybridized carbons (Fsp3) is 0.400. The van der Waals surface area contributed by atoms with E-state index in [0.29, 0.717) is 37.3 Å². The first kappa shape index (κ1) is 23.5. The molecule has 184 valence electrons. The summed E-state index contributed by atoms with van der Waals surface area (Å²) >= 11 is 1.39. The highest BCUT2D eigenvalue weighted by molar-refractivity contribution is 7.99. The number of anilines is 1. The quantitative estimate of drug-likeness (QED) is 0.463. The zero-order chi connectivity index (χ0) is 24.2. The van der Waals surface area contributed by atoms with E-state index in [9.17, 15) is 4.79 Å². The highest BCUT2D eigenvalue weighted by atomic mass is 32.2.